The summed E-state index contributed by atoms with van der Waals surface area (Å²) in [4.78, 5) is 17.3. The van der Waals surface area contributed by atoms with Crippen LogP contribution in [0.3, 0.4) is 0 Å². The van der Waals surface area contributed by atoms with Crippen molar-refractivity contribution in [1.82, 2.24) is 0 Å². The summed E-state index contributed by atoms with van der Waals surface area (Å²) in [6.07, 6.45) is 0. The van der Waals surface area contributed by atoms with Gasteiger partial charge in [-0.15, -0.1) is 0 Å². The van der Waals surface area contributed by atoms with Gasteiger partial charge in [-0.1, -0.05) is 18.2 Å². The van der Waals surface area contributed by atoms with Crippen LogP contribution in [-0.2, 0) is 0 Å². The van der Waals surface area contributed by atoms with Crippen molar-refractivity contribution in [3.8, 4) is 0 Å². The number of hydrogen-bond donors (Lipinski definition) is 1. The van der Waals surface area contributed by atoms with E-state index in [9.17, 15) is 4.79 Å². The molecule has 0 heterocycles. The minimum absolute atomic E-state index is 0.331. The molecule has 0 bridgehead atoms. The van der Waals surface area contributed by atoms with Crippen molar-refractivity contribution in [2.75, 3.05) is 0 Å². The Bertz CT molecular complexity index is 242. The minimum atomic E-state index is -0.879. The van der Waals surface area contributed by atoms with Crippen molar-refractivity contribution in [1.29, 1.82) is 0 Å². The second-order valence-corrected chi connectivity index (χ2v) is 11.7. The first-order chi connectivity index (χ1) is 6.04. The molecule has 0 aliphatic rings. The van der Waals surface area contributed by atoms with Crippen LogP contribution in [-0.4, -0.2) is 30.8 Å². The number of hydrogen-bond acceptors (Lipinski definition) is 1. The van der Waals surface area contributed by atoms with Crippen LogP contribution in [0.25, 0.3) is 0 Å². The molecule has 0 amide bonds. The zero-order valence-electron chi connectivity index (χ0n) is 8.24. The average Bonchev–Trinajstić information content (AvgIpc) is 2.05. The van der Waals surface area contributed by atoms with Crippen LogP contribution in [0.2, 0.25) is 14.8 Å². The third-order valence-electron chi connectivity index (χ3n) is 1.02. The number of carbonyl (C=O) groups is 1. The van der Waals surface area contributed by atoms with Gasteiger partial charge in [0, 0.05) is 0 Å². The quantitative estimate of drug-likeness (QED) is 0.806. The van der Waals surface area contributed by atoms with E-state index in [1.165, 1.54) is 0 Å². The molecule has 2 nitrogen and oxygen atoms in total. The molecular formula is C10H15O2Sn. The zero-order valence-corrected chi connectivity index (χ0v) is 11.1. The number of benzene rings is 1. The maximum absolute atomic E-state index is 10.2. The molecule has 1 aromatic carbocycles. The molecule has 0 saturated heterocycles. The number of rotatable bonds is 1. The summed E-state index contributed by atoms with van der Waals surface area (Å²) in [6.45, 7) is 0. The first-order valence-electron chi connectivity index (χ1n) is 4.09. The molecule has 1 N–H and O–H groups in total. The van der Waals surface area contributed by atoms with Crippen molar-refractivity contribution in [2.45, 2.75) is 14.8 Å². The summed E-state index contributed by atoms with van der Waals surface area (Å²) in [5.41, 5.74) is 0.331. The van der Waals surface area contributed by atoms with Crippen molar-refractivity contribution in [3.05, 3.63) is 35.9 Å². The Balaban J connectivity index is 0.000000310. The van der Waals surface area contributed by atoms with E-state index in [2.05, 4.69) is 14.8 Å². The summed E-state index contributed by atoms with van der Waals surface area (Å²) in [6, 6.07) is 8.30. The molecule has 0 atom stereocenters. The van der Waals surface area contributed by atoms with E-state index in [0.717, 1.165) is 0 Å². The van der Waals surface area contributed by atoms with Crippen LogP contribution in [0.15, 0.2) is 30.3 Å². The van der Waals surface area contributed by atoms with Crippen molar-refractivity contribution >= 4 is 25.7 Å². The standard InChI is InChI=1S/C7H6O2.3CH3.Sn/c8-7(9)6-4-2-1-3-5-6;;;;/h1-5H,(H,8,9);3*1H3;. The van der Waals surface area contributed by atoms with Crippen molar-refractivity contribution < 1.29 is 9.90 Å². The summed E-state index contributed by atoms with van der Waals surface area (Å²) in [7, 11) is 0. The van der Waals surface area contributed by atoms with Gasteiger partial charge in [0.15, 0.2) is 0 Å². The second-order valence-electron chi connectivity index (χ2n) is 3.17. The van der Waals surface area contributed by atoms with Crippen LogP contribution < -0.4 is 0 Å². The predicted molar refractivity (Wildman–Crippen MR) is 56.7 cm³/mol. The van der Waals surface area contributed by atoms with E-state index < -0.39 is 25.7 Å². The van der Waals surface area contributed by atoms with E-state index in [1.807, 2.05) is 0 Å². The van der Waals surface area contributed by atoms with Gasteiger partial charge < -0.3 is 5.11 Å². The predicted octanol–water partition coefficient (Wildman–Crippen LogP) is 2.76. The molecule has 0 fully saturated rings. The topological polar surface area (TPSA) is 37.3 Å². The number of carboxylic acid groups (broad SMARTS) is 1. The molecule has 0 unspecified atom stereocenters. The van der Waals surface area contributed by atoms with Crippen LogP contribution in [0.4, 0.5) is 0 Å². The molecule has 3 heteroatoms. The average molecular weight is 286 g/mol. The molecule has 13 heavy (non-hydrogen) atoms. The van der Waals surface area contributed by atoms with Gasteiger partial charge in [0.25, 0.3) is 0 Å². The zero-order chi connectivity index (χ0) is 10.3. The van der Waals surface area contributed by atoms with Gasteiger partial charge in [0.1, 0.15) is 0 Å². The molecule has 0 saturated carbocycles. The fraction of sp³-hybridized carbons (Fsp3) is 0.300. The second kappa shape index (κ2) is 6.95. The van der Waals surface area contributed by atoms with E-state index in [1.54, 1.807) is 30.3 Å². The van der Waals surface area contributed by atoms with E-state index in [-0.39, 0.29) is 0 Å². The van der Waals surface area contributed by atoms with Crippen LogP contribution in [0.5, 0.6) is 0 Å². The Morgan fingerprint density at radius 2 is 1.54 bits per heavy atom. The molecule has 71 valence electrons. The Morgan fingerprint density at radius 1 is 1.15 bits per heavy atom. The van der Waals surface area contributed by atoms with Gasteiger partial charge in [-0.25, -0.2) is 4.79 Å². The molecule has 1 radical (unpaired) electrons. The number of carboxylic acids is 1. The van der Waals surface area contributed by atoms with E-state index in [0.29, 0.717) is 5.56 Å². The Hall–Kier alpha value is -0.511. The Morgan fingerprint density at radius 3 is 1.77 bits per heavy atom. The first-order valence-corrected chi connectivity index (χ1v) is 12.7. The fourth-order valence-corrected chi connectivity index (χ4v) is 0.581. The third kappa shape index (κ3) is 7.84. The summed E-state index contributed by atoms with van der Waals surface area (Å²) in [5, 5.41) is 8.38. The van der Waals surface area contributed by atoms with Crippen LogP contribution in [0.1, 0.15) is 10.4 Å². The maximum atomic E-state index is 10.2. The Kier molecular flexibility index (Phi) is 6.67. The van der Waals surface area contributed by atoms with Crippen LogP contribution >= 0.6 is 0 Å². The molecular weight excluding hydrogens is 271 g/mol. The van der Waals surface area contributed by atoms with E-state index in [4.69, 9.17) is 5.11 Å². The van der Waals surface area contributed by atoms with Gasteiger partial charge in [-0.2, -0.15) is 0 Å². The van der Waals surface area contributed by atoms with Crippen LogP contribution in [0, 0.1) is 0 Å². The van der Waals surface area contributed by atoms with Gasteiger partial charge in [0.05, 0.1) is 5.56 Å². The molecule has 1 rings (SSSR count). The molecule has 0 aliphatic heterocycles. The fourth-order valence-electron chi connectivity index (χ4n) is 0.581. The monoisotopic (exact) mass is 287 g/mol. The number of aromatic carboxylic acids is 1. The van der Waals surface area contributed by atoms with Gasteiger partial charge >= 0.3 is 40.5 Å². The third-order valence-corrected chi connectivity index (χ3v) is 1.02. The van der Waals surface area contributed by atoms with E-state index >= 15 is 0 Å². The molecule has 0 aromatic heterocycles. The van der Waals surface area contributed by atoms with Gasteiger partial charge in [-0.05, 0) is 12.1 Å². The summed E-state index contributed by atoms with van der Waals surface area (Å²) < 4.78 is 0. The van der Waals surface area contributed by atoms with Gasteiger partial charge in [0.2, 0.25) is 0 Å². The molecule has 0 spiro atoms. The SMILES string of the molecule is O=C(O)c1ccccc1.[CH3][Sn]([CH3])[CH3]. The molecule has 0 aliphatic carbocycles. The van der Waals surface area contributed by atoms with Crippen molar-refractivity contribution in [3.63, 3.8) is 0 Å². The normalized spacial score (nSPS) is 8.92. The molecule has 1 aromatic rings. The first kappa shape index (κ1) is 12.5. The summed E-state index contributed by atoms with van der Waals surface area (Å²) >= 11 is -0.543. The summed E-state index contributed by atoms with van der Waals surface area (Å²) in [5.74, 6) is -0.879. The Labute approximate surface area is 86.3 Å². The van der Waals surface area contributed by atoms with Crippen molar-refractivity contribution in [2.24, 2.45) is 0 Å². The van der Waals surface area contributed by atoms with Gasteiger partial charge in [-0.3, -0.25) is 0 Å².